The lowest BCUT2D eigenvalue weighted by molar-refractivity contribution is 0.276. The Bertz CT molecular complexity index is 552. The second-order valence-electron chi connectivity index (χ2n) is 5.32. The van der Waals surface area contributed by atoms with E-state index in [2.05, 4.69) is 9.82 Å². The topological polar surface area (TPSA) is 84.2 Å². The van der Waals surface area contributed by atoms with Crippen molar-refractivity contribution in [1.82, 2.24) is 14.5 Å². The molecule has 21 heavy (non-hydrogen) atoms. The van der Waals surface area contributed by atoms with Gasteiger partial charge in [0.2, 0.25) is 10.0 Å². The van der Waals surface area contributed by atoms with Crippen LogP contribution in [0.2, 0.25) is 0 Å². The normalized spacial score (nSPS) is 13.6. The molecule has 0 radical (unpaired) electrons. The minimum atomic E-state index is -3.56. The Hall–Kier alpha value is -0.920. The van der Waals surface area contributed by atoms with E-state index in [1.54, 1.807) is 18.5 Å². The maximum atomic E-state index is 12.6. The fourth-order valence-electron chi connectivity index (χ4n) is 2.48. The summed E-state index contributed by atoms with van der Waals surface area (Å²) in [5, 5.41) is 13.2. The van der Waals surface area contributed by atoms with E-state index in [9.17, 15) is 8.42 Å². The average Bonchev–Trinajstić information content (AvgIpc) is 2.70. The second-order valence-corrected chi connectivity index (χ2v) is 6.97. The third-order valence-electron chi connectivity index (χ3n) is 3.56. The lowest BCUT2D eigenvalue weighted by Gasteiger charge is -2.16. The number of nitrogens with zero attached hydrogens (tertiary/aromatic N) is 2. The minimum Gasteiger partial charge on any atom is -0.396 e. The van der Waals surface area contributed by atoms with Crippen LogP contribution in [0.1, 0.15) is 50.9 Å². The zero-order valence-electron chi connectivity index (χ0n) is 13.4. The van der Waals surface area contributed by atoms with Crippen molar-refractivity contribution in [2.45, 2.75) is 70.9 Å². The molecule has 1 heterocycles. The summed E-state index contributed by atoms with van der Waals surface area (Å²) in [6, 6.07) is -0.0420. The zero-order valence-corrected chi connectivity index (χ0v) is 14.2. The van der Waals surface area contributed by atoms with E-state index in [1.807, 2.05) is 13.8 Å². The second kappa shape index (κ2) is 7.91. The number of hydrogen-bond donors (Lipinski definition) is 2. The van der Waals surface area contributed by atoms with Gasteiger partial charge in [0.15, 0.2) is 0 Å². The molecule has 0 aromatic carbocycles. The molecule has 1 unspecified atom stereocenters. The van der Waals surface area contributed by atoms with E-state index in [0.717, 1.165) is 19.3 Å². The molecule has 2 N–H and O–H groups in total. The van der Waals surface area contributed by atoms with Crippen LogP contribution in [0.5, 0.6) is 0 Å². The van der Waals surface area contributed by atoms with Gasteiger partial charge in [-0.25, -0.2) is 13.1 Å². The average molecular weight is 317 g/mol. The monoisotopic (exact) mass is 317 g/mol. The van der Waals surface area contributed by atoms with Crippen molar-refractivity contribution < 1.29 is 13.5 Å². The summed E-state index contributed by atoms with van der Waals surface area (Å²) in [5.41, 5.74) is 1.13. The van der Waals surface area contributed by atoms with Crippen molar-refractivity contribution in [3.63, 3.8) is 0 Å². The Morgan fingerprint density at radius 2 is 2.00 bits per heavy atom. The predicted octanol–water partition coefficient (Wildman–Crippen LogP) is 1.74. The van der Waals surface area contributed by atoms with Crippen molar-refractivity contribution >= 4 is 10.0 Å². The molecule has 0 fully saturated rings. The Kier molecular flexibility index (Phi) is 6.83. The van der Waals surface area contributed by atoms with Crippen LogP contribution in [0, 0.1) is 13.8 Å². The molecule has 7 heteroatoms. The first kappa shape index (κ1) is 18.1. The Labute approximate surface area is 127 Å². The molecular weight excluding hydrogens is 290 g/mol. The van der Waals surface area contributed by atoms with Crippen LogP contribution >= 0.6 is 0 Å². The van der Waals surface area contributed by atoms with Crippen LogP contribution < -0.4 is 4.72 Å². The molecule has 1 aromatic rings. The maximum absolute atomic E-state index is 12.6. The molecule has 0 aliphatic heterocycles. The molecule has 0 aliphatic rings. The first-order chi connectivity index (χ1) is 9.87. The lowest BCUT2D eigenvalue weighted by Crippen LogP contribution is -2.34. The van der Waals surface area contributed by atoms with Crippen molar-refractivity contribution in [1.29, 1.82) is 0 Å². The molecule has 1 rings (SSSR count). The number of aryl methyl sites for hydroxylation is 2. The summed E-state index contributed by atoms with van der Waals surface area (Å²) in [5.74, 6) is 0. The van der Waals surface area contributed by atoms with Gasteiger partial charge in [-0.2, -0.15) is 5.10 Å². The summed E-state index contributed by atoms with van der Waals surface area (Å²) in [4.78, 5) is 0.273. The van der Waals surface area contributed by atoms with Crippen molar-refractivity contribution in [3.05, 3.63) is 11.4 Å². The highest BCUT2D eigenvalue weighted by atomic mass is 32.2. The van der Waals surface area contributed by atoms with Gasteiger partial charge in [0.25, 0.3) is 0 Å². The van der Waals surface area contributed by atoms with Gasteiger partial charge in [0, 0.05) is 19.2 Å². The van der Waals surface area contributed by atoms with E-state index in [1.165, 1.54) is 0 Å². The van der Waals surface area contributed by atoms with Crippen molar-refractivity contribution in [2.75, 3.05) is 6.61 Å². The predicted molar refractivity (Wildman–Crippen MR) is 82.7 cm³/mol. The first-order valence-corrected chi connectivity index (χ1v) is 9.02. The van der Waals surface area contributed by atoms with E-state index < -0.39 is 10.0 Å². The van der Waals surface area contributed by atoms with Gasteiger partial charge in [0.1, 0.15) is 4.90 Å². The van der Waals surface area contributed by atoms with Gasteiger partial charge >= 0.3 is 0 Å². The van der Waals surface area contributed by atoms with Crippen molar-refractivity contribution in [3.8, 4) is 0 Å². The Balaban J connectivity index is 3.05. The lowest BCUT2D eigenvalue weighted by atomic mass is 10.1. The SMILES string of the molecule is CCCC(CC)NS(=O)(=O)c1c(C)nn(CCCO)c1C. The van der Waals surface area contributed by atoms with E-state index in [-0.39, 0.29) is 17.5 Å². The highest BCUT2D eigenvalue weighted by Crippen LogP contribution is 2.20. The van der Waals surface area contributed by atoms with E-state index >= 15 is 0 Å². The molecule has 1 atom stereocenters. The molecule has 1 aromatic heterocycles. The Morgan fingerprint density at radius 3 is 2.52 bits per heavy atom. The van der Waals surface area contributed by atoms with Gasteiger partial charge in [-0.3, -0.25) is 4.68 Å². The molecular formula is C14H27N3O3S. The summed E-state index contributed by atoms with van der Waals surface area (Å²) < 4.78 is 29.6. The number of hydrogen-bond acceptors (Lipinski definition) is 4. The van der Waals surface area contributed by atoms with Crippen LogP contribution in [0.25, 0.3) is 0 Å². The summed E-state index contributed by atoms with van der Waals surface area (Å²) in [7, 11) is -3.56. The number of aliphatic hydroxyl groups is 1. The van der Waals surface area contributed by atoms with Gasteiger partial charge in [0.05, 0.1) is 11.4 Å². The molecule has 0 saturated heterocycles. The van der Waals surface area contributed by atoms with Gasteiger partial charge in [-0.1, -0.05) is 20.3 Å². The number of sulfonamides is 1. The smallest absolute Gasteiger partial charge is 0.244 e. The molecule has 0 amide bonds. The maximum Gasteiger partial charge on any atom is 0.244 e. The van der Waals surface area contributed by atoms with Crippen LogP contribution in [0.4, 0.5) is 0 Å². The molecule has 0 spiro atoms. The molecule has 0 saturated carbocycles. The fourth-order valence-corrected chi connectivity index (χ4v) is 4.25. The largest absolute Gasteiger partial charge is 0.396 e. The summed E-state index contributed by atoms with van der Waals surface area (Å²) >= 11 is 0. The molecule has 122 valence electrons. The van der Waals surface area contributed by atoms with E-state index in [4.69, 9.17) is 5.11 Å². The highest BCUT2D eigenvalue weighted by Gasteiger charge is 2.26. The van der Waals surface area contributed by atoms with Crippen LogP contribution in [-0.2, 0) is 16.6 Å². The molecule has 6 nitrogen and oxygen atoms in total. The number of aliphatic hydroxyl groups excluding tert-OH is 1. The van der Waals surface area contributed by atoms with E-state index in [0.29, 0.717) is 24.4 Å². The summed E-state index contributed by atoms with van der Waals surface area (Å²) in [6.45, 7) is 8.07. The summed E-state index contributed by atoms with van der Waals surface area (Å²) in [6.07, 6.45) is 3.09. The third-order valence-corrected chi connectivity index (χ3v) is 5.34. The Morgan fingerprint density at radius 1 is 1.33 bits per heavy atom. The zero-order chi connectivity index (χ0) is 16.0. The molecule has 0 bridgehead atoms. The quantitative estimate of drug-likeness (QED) is 0.726. The number of aromatic nitrogens is 2. The first-order valence-electron chi connectivity index (χ1n) is 7.54. The van der Waals surface area contributed by atoms with Crippen LogP contribution in [0.15, 0.2) is 4.90 Å². The third kappa shape index (κ3) is 4.52. The number of nitrogens with one attached hydrogen (secondary N) is 1. The standard InChI is InChI=1S/C14H27N3O3S/c1-5-8-13(6-2)16-21(19,20)14-11(3)15-17(12(14)4)9-7-10-18/h13,16,18H,5-10H2,1-4H3. The van der Waals surface area contributed by atoms with Gasteiger partial charge < -0.3 is 5.11 Å². The van der Waals surface area contributed by atoms with Crippen LogP contribution in [0.3, 0.4) is 0 Å². The van der Waals surface area contributed by atoms with Gasteiger partial charge in [-0.05, 0) is 33.1 Å². The van der Waals surface area contributed by atoms with Gasteiger partial charge in [-0.15, -0.1) is 0 Å². The minimum absolute atomic E-state index is 0.0420. The molecule has 0 aliphatic carbocycles. The van der Waals surface area contributed by atoms with Crippen LogP contribution in [-0.4, -0.2) is 36.0 Å². The highest BCUT2D eigenvalue weighted by molar-refractivity contribution is 7.89. The number of rotatable bonds is 9. The fraction of sp³-hybridized carbons (Fsp3) is 0.786. The van der Waals surface area contributed by atoms with Crippen molar-refractivity contribution in [2.24, 2.45) is 0 Å².